The maximum atomic E-state index is 11.4. The van der Waals surface area contributed by atoms with Crippen LogP contribution in [0.25, 0.3) is 6.08 Å². The Hall–Kier alpha value is -2.23. The number of hydrogen-bond acceptors (Lipinski definition) is 4. The van der Waals surface area contributed by atoms with Crippen LogP contribution in [0.2, 0.25) is 0 Å². The van der Waals surface area contributed by atoms with Crippen molar-refractivity contribution in [3.63, 3.8) is 0 Å². The van der Waals surface area contributed by atoms with Crippen LogP contribution < -0.4 is 5.73 Å². The van der Waals surface area contributed by atoms with Crippen LogP contribution in [0, 0.1) is 0 Å². The van der Waals surface area contributed by atoms with Gasteiger partial charge in [0.25, 0.3) is 0 Å². The van der Waals surface area contributed by atoms with Gasteiger partial charge in [-0.25, -0.2) is 0 Å². The van der Waals surface area contributed by atoms with E-state index in [9.17, 15) is 9.90 Å². The first-order valence-corrected chi connectivity index (χ1v) is 4.81. The number of aliphatic hydroxyl groups excluding tert-OH is 1. The number of aliphatic hydroxyl groups is 1. The van der Waals surface area contributed by atoms with Gasteiger partial charge in [-0.15, -0.1) is 0 Å². The summed E-state index contributed by atoms with van der Waals surface area (Å²) < 4.78 is 4.98. The Bertz CT molecular complexity index is 462. The van der Waals surface area contributed by atoms with Crippen molar-refractivity contribution in [2.45, 2.75) is 6.10 Å². The molecule has 0 unspecified atom stereocenters. The van der Waals surface area contributed by atoms with E-state index in [4.69, 9.17) is 10.5 Å². The van der Waals surface area contributed by atoms with Gasteiger partial charge in [-0.1, -0.05) is 36.4 Å². The molecule has 0 bridgehead atoms. The summed E-state index contributed by atoms with van der Waals surface area (Å²) in [4.78, 5) is 11.4. The van der Waals surface area contributed by atoms with Gasteiger partial charge in [0, 0.05) is 0 Å². The minimum atomic E-state index is -0.819. The highest BCUT2D eigenvalue weighted by Crippen LogP contribution is 2.17. The predicted molar refractivity (Wildman–Crippen MR) is 59.2 cm³/mol. The van der Waals surface area contributed by atoms with Crippen LogP contribution in [-0.2, 0) is 9.53 Å². The van der Waals surface area contributed by atoms with Crippen molar-refractivity contribution >= 4 is 11.9 Å². The molecule has 0 saturated carbocycles. The zero-order valence-electron chi connectivity index (χ0n) is 8.46. The molecular formula is C12H11NO3. The smallest absolute Gasteiger partial charge is 0.247 e. The second-order valence-corrected chi connectivity index (χ2v) is 3.39. The van der Waals surface area contributed by atoms with Crippen molar-refractivity contribution in [3.8, 4) is 0 Å². The number of benzene rings is 1. The Morgan fingerprint density at radius 3 is 2.56 bits per heavy atom. The largest absolute Gasteiger partial charge is 0.501 e. The second kappa shape index (κ2) is 4.10. The highest BCUT2D eigenvalue weighted by molar-refractivity contribution is 6.00. The van der Waals surface area contributed by atoms with Crippen molar-refractivity contribution in [2.24, 2.45) is 5.73 Å². The van der Waals surface area contributed by atoms with Gasteiger partial charge in [0.05, 0.1) is 0 Å². The summed E-state index contributed by atoms with van der Waals surface area (Å²) >= 11 is 0. The van der Waals surface area contributed by atoms with Gasteiger partial charge >= 0.3 is 0 Å². The molecule has 2 rings (SSSR count). The van der Waals surface area contributed by atoms with Crippen LogP contribution in [0.1, 0.15) is 5.56 Å². The molecule has 0 aromatic heterocycles. The molecule has 4 heteroatoms. The van der Waals surface area contributed by atoms with Crippen LogP contribution in [0.15, 0.2) is 48.1 Å². The molecule has 3 N–H and O–H groups in total. The van der Waals surface area contributed by atoms with E-state index in [1.165, 1.54) is 0 Å². The number of Topliss-reactive ketones (excluding diaryl/α,β-unsaturated/α-hetero) is 1. The molecular weight excluding hydrogens is 206 g/mol. The maximum Gasteiger partial charge on any atom is 0.247 e. The Kier molecular flexibility index (Phi) is 2.64. The first-order chi connectivity index (χ1) is 7.68. The molecule has 0 spiro atoms. The standard InChI is InChI=1S/C12H11NO3/c13-12-11(15)10(14)9(16-12)7-6-8-4-2-1-3-5-8/h1-7,9,15H,13H2/b7-6+/t9-/m1/s1. The molecule has 16 heavy (non-hydrogen) atoms. The average Bonchev–Trinajstić information content (AvgIpc) is 2.56. The summed E-state index contributed by atoms with van der Waals surface area (Å²) in [6.07, 6.45) is 2.49. The van der Waals surface area contributed by atoms with E-state index in [0.717, 1.165) is 5.56 Å². The van der Waals surface area contributed by atoms with Crippen LogP contribution in [0.5, 0.6) is 0 Å². The molecule has 1 aliphatic rings. The third kappa shape index (κ3) is 1.91. The van der Waals surface area contributed by atoms with Crippen molar-refractivity contribution in [1.29, 1.82) is 0 Å². The maximum absolute atomic E-state index is 11.4. The van der Waals surface area contributed by atoms with E-state index in [1.807, 2.05) is 30.3 Å². The lowest BCUT2D eigenvalue weighted by Gasteiger charge is -2.02. The second-order valence-electron chi connectivity index (χ2n) is 3.39. The van der Waals surface area contributed by atoms with Crippen molar-refractivity contribution in [2.75, 3.05) is 0 Å². The number of rotatable bonds is 2. The van der Waals surface area contributed by atoms with Crippen molar-refractivity contribution < 1.29 is 14.6 Å². The fourth-order valence-corrected chi connectivity index (χ4v) is 1.39. The van der Waals surface area contributed by atoms with Gasteiger partial charge in [0.1, 0.15) is 0 Å². The van der Waals surface area contributed by atoms with Crippen LogP contribution >= 0.6 is 0 Å². The fourth-order valence-electron chi connectivity index (χ4n) is 1.39. The van der Waals surface area contributed by atoms with Gasteiger partial charge in [0.15, 0.2) is 6.10 Å². The summed E-state index contributed by atoms with van der Waals surface area (Å²) in [5.41, 5.74) is 6.23. The molecule has 0 aliphatic carbocycles. The SMILES string of the molecule is NC1=C(O)C(=O)[C@@H](/C=C/c2ccccc2)O1. The third-order valence-corrected chi connectivity index (χ3v) is 2.24. The Morgan fingerprint density at radius 2 is 2.00 bits per heavy atom. The van der Waals surface area contributed by atoms with E-state index in [-0.39, 0.29) is 5.88 Å². The number of ether oxygens (including phenoxy) is 1. The lowest BCUT2D eigenvalue weighted by molar-refractivity contribution is -0.121. The monoisotopic (exact) mass is 217 g/mol. The summed E-state index contributed by atoms with van der Waals surface area (Å²) in [5, 5.41) is 9.18. The topological polar surface area (TPSA) is 72.5 Å². The third-order valence-electron chi connectivity index (χ3n) is 2.24. The normalized spacial score (nSPS) is 20.5. The van der Waals surface area contributed by atoms with E-state index in [2.05, 4.69) is 0 Å². The van der Waals surface area contributed by atoms with Crippen LogP contribution in [0.3, 0.4) is 0 Å². The molecule has 1 aromatic carbocycles. The minimum Gasteiger partial charge on any atom is -0.501 e. The summed E-state index contributed by atoms with van der Waals surface area (Å²) in [6, 6.07) is 9.47. The summed E-state index contributed by atoms with van der Waals surface area (Å²) in [6.45, 7) is 0. The molecule has 1 aliphatic heterocycles. The molecule has 1 heterocycles. The molecule has 1 aromatic rings. The molecule has 0 saturated heterocycles. The average molecular weight is 217 g/mol. The molecule has 82 valence electrons. The number of hydrogen-bond donors (Lipinski definition) is 2. The molecule has 1 atom stereocenters. The Morgan fingerprint density at radius 1 is 1.31 bits per heavy atom. The number of ketones is 1. The first kappa shape index (κ1) is 10.3. The first-order valence-electron chi connectivity index (χ1n) is 4.81. The predicted octanol–water partition coefficient (Wildman–Crippen LogP) is 1.35. The minimum absolute atomic E-state index is 0.215. The molecule has 0 fully saturated rings. The zero-order valence-corrected chi connectivity index (χ0v) is 8.46. The number of carbonyl (C=O) groups excluding carboxylic acids is 1. The highest BCUT2D eigenvalue weighted by Gasteiger charge is 2.31. The van der Waals surface area contributed by atoms with Gasteiger partial charge in [-0.2, -0.15) is 0 Å². The lowest BCUT2D eigenvalue weighted by atomic mass is 10.1. The van der Waals surface area contributed by atoms with Crippen LogP contribution in [-0.4, -0.2) is 17.0 Å². The van der Waals surface area contributed by atoms with Crippen molar-refractivity contribution in [1.82, 2.24) is 0 Å². The van der Waals surface area contributed by atoms with Gasteiger partial charge in [-0.3, -0.25) is 4.79 Å². The number of carbonyl (C=O) groups is 1. The van der Waals surface area contributed by atoms with E-state index >= 15 is 0 Å². The molecule has 0 radical (unpaired) electrons. The molecule has 0 amide bonds. The van der Waals surface area contributed by atoms with E-state index in [0.29, 0.717) is 0 Å². The quantitative estimate of drug-likeness (QED) is 0.784. The van der Waals surface area contributed by atoms with E-state index in [1.54, 1.807) is 12.2 Å². The fraction of sp³-hybridized carbons (Fsp3) is 0.0833. The lowest BCUT2D eigenvalue weighted by Crippen LogP contribution is -2.15. The van der Waals surface area contributed by atoms with Crippen molar-refractivity contribution in [3.05, 3.63) is 53.6 Å². The Labute approximate surface area is 92.6 Å². The van der Waals surface area contributed by atoms with Crippen LogP contribution in [0.4, 0.5) is 0 Å². The summed E-state index contributed by atoms with van der Waals surface area (Å²) in [5.74, 6) is -1.22. The molecule has 4 nitrogen and oxygen atoms in total. The summed E-state index contributed by atoms with van der Waals surface area (Å²) in [7, 11) is 0. The Balaban J connectivity index is 2.09. The zero-order chi connectivity index (χ0) is 11.5. The van der Waals surface area contributed by atoms with Gasteiger partial charge in [0.2, 0.25) is 17.4 Å². The highest BCUT2D eigenvalue weighted by atomic mass is 16.5. The van der Waals surface area contributed by atoms with Gasteiger partial charge < -0.3 is 15.6 Å². The van der Waals surface area contributed by atoms with Gasteiger partial charge in [-0.05, 0) is 11.6 Å². The van der Waals surface area contributed by atoms with E-state index < -0.39 is 17.6 Å². The number of nitrogens with two attached hydrogens (primary N) is 1.